The van der Waals surface area contributed by atoms with Crippen molar-refractivity contribution in [2.75, 3.05) is 9.80 Å². The molecule has 8 nitrogen and oxygen atoms in total. The van der Waals surface area contributed by atoms with Crippen LogP contribution in [0.4, 0.5) is 11.4 Å². The van der Waals surface area contributed by atoms with E-state index in [0.29, 0.717) is 5.06 Å². The second kappa shape index (κ2) is 8.62. The number of hydrogen-bond donors (Lipinski definition) is 1. The van der Waals surface area contributed by atoms with Crippen molar-refractivity contribution in [3.63, 3.8) is 0 Å². The molecule has 0 saturated carbocycles. The summed E-state index contributed by atoms with van der Waals surface area (Å²) >= 11 is 24.5. The first-order chi connectivity index (χ1) is 15.1. The van der Waals surface area contributed by atoms with Gasteiger partial charge in [0, 0.05) is 0 Å². The van der Waals surface area contributed by atoms with Crippen LogP contribution in [0.15, 0.2) is 36.4 Å². The summed E-state index contributed by atoms with van der Waals surface area (Å²) in [5.74, 6) is -3.00. The molecule has 2 heterocycles. The molecule has 0 bridgehead atoms. The molecule has 4 amide bonds. The van der Waals surface area contributed by atoms with Crippen molar-refractivity contribution in [2.45, 2.75) is 24.9 Å². The number of hydrogen-bond acceptors (Lipinski definition) is 6. The Hall–Kier alpha value is -2.20. The summed E-state index contributed by atoms with van der Waals surface area (Å²) in [5, 5.41) is 11.4. The minimum absolute atomic E-state index is 0.0139. The minimum atomic E-state index is -1.42. The van der Waals surface area contributed by atoms with Gasteiger partial charge in [-0.05, 0) is 24.3 Å². The van der Waals surface area contributed by atoms with Gasteiger partial charge in [-0.15, -0.1) is 0 Å². The van der Waals surface area contributed by atoms with E-state index in [1.807, 2.05) is 0 Å². The van der Waals surface area contributed by atoms with Gasteiger partial charge in [0.2, 0.25) is 11.8 Å². The summed E-state index contributed by atoms with van der Waals surface area (Å²) in [7, 11) is 0. The third-order valence-electron chi connectivity index (χ3n) is 5.21. The van der Waals surface area contributed by atoms with E-state index in [0.717, 1.165) is 9.80 Å². The molecular formula is C20H13Cl4N3O5. The largest absolute Gasteiger partial charge is 0.312 e. The van der Waals surface area contributed by atoms with Gasteiger partial charge in [0.25, 0.3) is 11.8 Å². The second-order valence-corrected chi connectivity index (χ2v) is 8.72. The molecular weight excluding hydrogens is 504 g/mol. The Bertz CT molecular complexity index is 1040. The zero-order valence-corrected chi connectivity index (χ0v) is 19.0. The average Bonchev–Trinajstić information content (AvgIpc) is 3.18. The highest BCUT2D eigenvalue weighted by Crippen LogP contribution is 2.40. The summed E-state index contributed by atoms with van der Waals surface area (Å²) < 4.78 is 0. The van der Waals surface area contributed by atoms with E-state index in [4.69, 9.17) is 46.4 Å². The van der Waals surface area contributed by atoms with Gasteiger partial charge in [0.15, 0.2) is 0 Å². The third kappa shape index (κ3) is 3.67. The van der Waals surface area contributed by atoms with Gasteiger partial charge in [0.05, 0.1) is 44.3 Å². The normalized spacial score (nSPS) is 21.4. The van der Waals surface area contributed by atoms with Gasteiger partial charge in [-0.25, -0.2) is 9.80 Å². The summed E-state index contributed by atoms with van der Waals surface area (Å²) in [6, 6.07) is 6.08. The Kier molecular flexibility index (Phi) is 6.19. The highest BCUT2D eigenvalue weighted by Gasteiger charge is 2.51. The highest BCUT2D eigenvalue weighted by atomic mass is 35.5. The Labute approximate surface area is 201 Å². The zero-order chi connectivity index (χ0) is 23.3. The number of amides is 4. The average molecular weight is 517 g/mol. The van der Waals surface area contributed by atoms with Crippen molar-refractivity contribution >= 4 is 81.4 Å². The topological polar surface area (TPSA) is 98.2 Å². The van der Waals surface area contributed by atoms with Crippen LogP contribution in [0.3, 0.4) is 0 Å². The molecule has 166 valence electrons. The molecule has 2 aliphatic heterocycles. The SMILES string of the molecule is O=C1CC(N(O)C2CC(=O)N(c3c(Cl)cccc3Cl)C2=O)C(=O)N1c1c(Cl)cccc1Cl. The standard InChI is InChI=1S/C20H13Cl4N3O5/c21-9-3-1-4-10(22)17(9)25-15(28)7-13(19(25)30)27(32)14-8-16(29)26(20(14)31)18-11(23)5-2-6-12(18)24/h1-6,13-14,32H,7-8H2. The smallest absolute Gasteiger partial charge is 0.254 e. The second-order valence-electron chi connectivity index (χ2n) is 7.10. The molecule has 2 atom stereocenters. The van der Waals surface area contributed by atoms with Crippen molar-refractivity contribution in [2.24, 2.45) is 0 Å². The predicted octanol–water partition coefficient (Wildman–Crippen LogP) is 3.96. The van der Waals surface area contributed by atoms with Crippen LogP contribution in [0.1, 0.15) is 12.8 Å². The van der Waals surface area contributed by atoms with E-state index in [9.17, 15) is 24.4 Å². The number of halogens is 4. The third-order valence-corrected chi connectivity index (χ3v) is 6.43. The van der Waals surface area contributed by atoms with Crippen LogP contribution in [0.5, 0.6) is 0 Å². The number of rotatable bonds is 4. The number of hydroxylamine groups is 2. The Morgan fingerprint density at radius 3 is 1.31 bits per heavy atom. The molecule has 0 aromatic heterocycles. The van der Waals surface area contributed by atoms with Crippen molar-refractivity contribution in [3.8, 4) is 0 Å². The molecule has 2 unspecified atom stereocenters. The fourth-order valence-electron chi connectivity index (χ4n) is 3.74. The van der Waals surface area contributed by atoms with Gasteiger partial charge < -0.3 is 5.21 Å². The van der Waals surface area contributed by atoms with E-state index >= 15 is 0 Å². The first kappa shape index (κ1) is 23.0. The number of carbonyl (C=O) groups is 4. The lowest BCUT2D eigenvalue weighted by molar-refractivity contribution is -0.172. The molecule has 2 aromatic carbocycles. The van der Waals surface area contributed by atoms with Crippen LogP contribution in [-0.4, -0.2) is 46.0 Å². The molecule has 0 spiro atoms. The van der Waals surface area contributed by atoms with E-state index in [-0.39, 0.29) is 31.5 Å². The van der Waals surface area contributed by atoms with Crippen LogP contribution < -0.4 is 9.80 Å². The van der Waals surface area contributed by atoms with Gasteiger partial charge in [0.1, 0.15) is 12.1 Å². The number of anilines is 2. The highest BCUT2D eigenvalue weighted by molar-refractivity contribution is 6.43. The van der Waals surface area contributed by atoms with Crippen LogP contribution in [0.25, 0.3) is 0 Å². The van der Waals surface area contributed by atoms with Crippen LogP contribution in [0, 0.1) is 0 Å². The van der Waals surface area contributed by atoms with E-state index in [1.54, 1.807) is 12.1 Å². The fourth-order valence-corrected chi connectivity index (χ4v) is 4.87. The van der Waals surface area contributed by atoms with Crippen LogP contribution >= 0.6 is 46.4 Å². The van der Waals surface area contributed by atoms with Crippen molar-refractivity contribution in [3.05, 3.63) is 56.5 Å². The molecule has 0 radical (unpaired) electrons. The van der Waals surface area contributed by atoms with E-state index in [2.05, 4.69) is 0 Å². The number of para-hydroxylation sites is 2. The predicted molar refractivity (Wildman–Crippen MR) is 118 cm³/mol. The van der Waals surface area contributed by atoms with Crippen molar-refractivity contribution in [1.29, 1.82) is 0 Å². The van der Waals surface area contributed by atoms with Gasteiger partial charge in [-0.3, -0.25) is 19.2 Å². The maximum absolute atomic E-state index is 13.0. The first-order valence-electron chi connectivity index (χ1n) is 9.22. The minimum Gasteiger partial charge on any atom is -0.312 e. The van der Waals surface area contributed by atoms with Gasteiger partial charge in [-0.1, -0.05) is 58.5 Å². The number of imide groups is 2. The van der Waals surface area contributed by atoms with Gasteiger partial charge in [-0.2, -0.15) is 5.06 Å². The molecule has 32 heavy (non-hydrogen) atoms. The van der Waals surface area contributed by atoms with E-state index < -0.39 is 48.6 Å². The maximum Gasteiger partial charge on any atom is 0.254 e. The van der Waals surface area contributed by atoms with Crippen molar-refractivity contribution < 1.29 is 24.4 Å². The molecule has 2 aliphatic rings. The van der Waals surface area contributed by atoms with Crippen LogP contribution in [-0.2, 0) is 19.2 Å². The summed E-state index contributed by atoms with van der Waals surface area (Å²) in [4.78, 5) is 52.7. The Balaban J connectivity index is 1.62. The number of carbonyl (C=O) groups excluding carboxylic acids is 4. The van der Waals surface area contributed by atoms with E-state index in [1.165, 1.54) is 24.3 Å². The molecule has 1 N–H and O–H groups in total. The summed E-state index contributed by atoms with van der Waals surface area (Å²) in [5.41, 5.74) is -0.0277. The number of benzene rings is 2. The lowest BCUT2D eigenvalue weighted by Crippen LogP contribution is -2.49. The summed E-state index contributed by atoms with van der Waals surface area (Å²) in [6.45, 7) is 0. The quantitative estimate of drug-likeness (QED) is 0.488. The molecule has 4 rings (SSSR count). The number of nitrogens with zero attached hydrogens (tertiary/aromatic N) is 3. The Morgan fingerprint density at radius 1 is 0.688 bits per heavy atom. The molecule has 12 heteroatoms. The monoisotopic (exact) mass is 515 g/mol. The zero-order valence-electron chi connectivity index (χ0n) is 16.0. The maximum atomic E-state index is 13.0. The molecule has 2 saturated heterocycles. The Morgan fingerprint density at radius 2 is 1.00 bits per heavy atom. The lowest BCUT2D eigenvalue weighted by atomic mass is 10.1. The molecule has 2 fully saturated rings. The van der Waals surface area contributed by atoms with Crippen molar-refractivity contribution in [1.82, 2.24) is 5.06 Å². The van der Waals surface area contributed by atoms with Gasteiger partial charge >= 0.3 is 0 Å². The van der Waals surface area contributed by atoms with Crippen LogP contribution in [0.2, 0.25) is 20.1 Å². The lowest BCUT2D eigenvalue weighted by Gasteiger charge is -2.26. The molecule has 2 aromatic rings. The first-order valence-corrected chi connectivity index (χ1v) is 10.7. The fraction of sp³-hybridized carbons (Fsp3) is 0.200. The molecule has 0 aliphatic carbocycles. The summed E-state index contributed by atoms with van der Waals surface area (Å²) in [6.07, 6.45) is -0.886.